The van der Waals surface area contributed by atoms with Crippen molar-refractivity contribution in [3.63, 3.8) is 0 Å². The van der Waals surface area contributed by atoms with E-state index < -0.39 is 5.54 Å². The second-order valence-corrected chi connectivity index (χ2v) is 11.8. The van der Waals surface area contributed by atoms with Crippen LogP contribution in [-0.2, 0) is 17.6 Å². The number of amides is 3. The van der Waals surface area contributed by atoms with Gasteiger partial charge in [0.15, 0.2) is 0 Å². The summed E-state index contributed by atoms with van der Waals surface area (Å²) in [5.41, 5.74) is 12.3. The van der Waals surface area contributed by atoms with Crippen LogP contribution < -0.4 is 11.5 Å². The molecule has 1 heterocycles. The molecular weight excluding hydrogens is 684 g/mol. The molecule has 2 aromatic rings. The number of halogens is 4. The van der Waals surface area contributed by atoms with E-state index in [2.05, 4.69) is 63.7 Å². The summed E-state index contributed by atoms with van der Waals surface area (Å²) in [4.78, 5) is 30.6. The first kappa shape index (κ1) is 26.8. The lowest BCUT2D eigenvalue weighted by molar-refractivity contribution is -0.133. The molecule has 0 spiro atoms. The van der Waals surface area contributed by atoms with Crippen LogP contribution in [0.5, 0.6) is 0 Å². The maximum Gasteiger partial charge on any atom is 0.327 e. The molecule has 10 heteroatoms. The Morgan fingerprint density at radius 3 is 1.55 bits per heavy atom. The van der Waals surface area contributed by atoms with Crippen molar-refractivity contribution >= 4 is 75.7 Å². The minimum Gasteiger partial charge on any atom is -0.330 e. The maximum absolute atomic E-state index is 14.0. The van der Waals surface area contributed by atoms with Crippen molar-refractivity contribution in [3.8, 4) is 0 Å². The highest BCUT2D eigenvalue weighted by molar-refractivity contribution is 9.11. The van der Waals surface area contributed by atoms with E-state index in [4.69, 9.17) is 11.5 Å². The van der Waals surface area contributed by atoms with Gasteiger partial charge in [-0.15, -0.1) is 0 Å². The van der Waals surface area contributed by atoms with Gasteiger partial charge in [0, 0.05) is 43.8 Å². The van der Waals surface area contributed by atoms with Crippen LogP contribution in [0.3, 0.4) is 0 Å². The Labute approximate surface area is 227 Å². The Balaban J connectivity index is 2.14. The van der Waals surface area contributed by atoms with Gasteiger partial charge in [0.1, 0.15) is 5.54 Å². The third-order valence-electron chi connectivity index (χ3n) is 5.63. The van der Waals surface area contributed by atoms with E-state index in [0.29, 0.717) is 51.9 Å². The first-order chi connectivity index (χ1) is 15.7. The van der Waals surface area contributed by atoms with Gasteiger partial charge in [-0.05, 0) is 73.5 Å². The largest absolute Gasteiger partial charge is 0.330 e. The van der Waals surface area contributed by atoms with Gasteiger partial charge in [0.05, 0.1) is 0 Å². The molecule has 0 radical (unpaired) electrons. The number of rotatable bonds is 10. The molecule has 1 saturated heterocycles. The summed E-state index contributed by atoms with van der Waals surface area (Å²) in [5, 5.41) is 0. The average molecular weight is 710 g/mol. The fourth-order valence-corrected chi connectivity index (χ4v) is 7.07. The number of nitrogens with two attached hydrogens (primary N) is 2. The highest BCUT2D eigenvalue weighted by Crippen LogP contribution is 2.37. The van der Waals surface area contributed by atoms with Crippen LogP contribution in [0.25, 0.3) is 0 Å². The zero-order valence-corrected chi connectivity index (χ0v) is 24.3. The topological polar surface area (TPSA) is 92.7 Å². The molecule has 6 nitrogen and oxygen atoms in total. The quantitative estimate of drug-likeness (QED) is 0.331. The third-order valence-corrected chi connectivity index (χ3v) is 7.46. The molecule has 1 fully saturated rings. The summed E-state index contributed by atoms with van der Waals surface area (Å²) in [6.45, 7) is 1.55. The summed E-state index contributed by atoms with van der Waals surface area (Å²) in [7, 11) is 0. The number of hydrogen-bond acceptors (Lipinski definition) is 4. The van der Waals surface area contributed by atoms with E-state index in [1.165, 1.54) is 4.90 Å². The standard InChI is InChI=1S/C23H26Br4N4O2/c24-17-7-15(8-18(25)11-17)13-23(14-16-9-19(26)12-20(27)10-16)21(32)30(5-1-3-28)22(33)31(23)6-2-4-29/h7-12H,1-6,13-14,28-29H2. The van der Waals surface area contributed by atoms with Crippen molar-refractivity contribution in [1.82, 2.24) is 9.80 Å². The highest BCUT2D eigenvalue weighted by Gasteiger charge is 2.56. The molecule has 2 aromatic carbocycles. The number of urea groups is 1. The van der Waals surface area contributed by atoms with Gasteiger partial charge in [0.2, 0.25) is 0 Å². The number of hydrogen-bond donors (Lipinski definition) is 2. The zero-order valence-electron chi connectivity index (χ0n) is 18.0. The molecule has 0 saturated carbocycles. The Kier molecular flexibility index (Phi) is 9.56. The molecule has 0 bridgehead atoms. The highest BCUT2D eigenvalue weighted by atomic mass is 79.9. The van der Waals surface area contributed by atoms with E-state index in [1.807, 2.05) is 36.4 Å². The van der Waals surface area contributed by atoms with Gasteiger partial charge in [-0.25, -0.2) is 4.79 Å². The molecule has 178 valence electrons. The van der Waals surface area contributed by atoms with Crippen LogP contribution >= 0.6 is 63.7 Å². The molecule has 0 atom stereocenters. The Hall–Kier alpha value is -0.780. The van der Waals surface area contributed by atoms with Crippen LogP contribution in [0.15, 0.2) is 54.3 Å². The normalized spacial score (nSPS) is 15.6. The van der Waals surface area contributed by atoms with E-state index in [0.717, 1.165) is 29.0 Å². The van der Waals surface area contributed by atoms with Crippen molar-refractivity contribution in [1.29, 1.82) is 0 Å². The molecule has 33 heavy (non-hydrogen) atoms. The van der Waals surface area contributed by atoms with E-state index in [9.17, 15) is 9.59 Å². The van der Waals surface area contributed by atoms with Crippen LogP contribution in [0.1, 0.15) is 24.0 Å². The third kappa shape index (κ3) is 6.27. The van der Waals surface area contributed by atoms with Crippen LogP contribution in [-0.4, -0.2) is 53.5 Å². The van der Waals surface area contributed by atoms with Crippen molar-refractivity contribution < 1.29 is 9.59 Å². The summed E-state index contributed by atoms with van der Waals surface area (Å²) >= 11 is 14.2. The first-order valence-corrected chi connectivity index (χ1v) is 13.8. The summed E-state index contributed by atoms with van der Waals surface area (Å²) in [6, 6.07) is 11.6. The monoisotopic (exact) mass is 706 g/mol. The maximum atomic E-state index is 14.0. The minimum atomic E-state index is -1.07. The first-order valence-electron chi connectivity index (χ1n) is 10.6. The van der Waals surface area contributed by atoms with Gasteiger partial charge in [-0.1, -0.05) is 63.7 Å². The molecule has 1 aliphatic heterocycles. The second kappa shape index (κ2) is 11.8. The predicted octanol–water partition coefficient (Wildman–Crippen LogP) is 5.22. The molecule has 1 aliphatic rings. The molecule has 3 rings (SSSR count). The molecular formula is C23H26Br4N4O2. The van der Waals surface area contributed by atoms with Crippen molar-refractivity contribution in [2.75, 3.05) is 26.2 Å². The van der Waals surface area contributed by atoms with E-state index in [1.54, 1.807) is 4.90 Å². The van der Waals surface area contributed by atoms with Gasteiger partial charge in [0.25, 0.3) is 5.91 Å². The Morgan fingerprint density at radius 1 is 0.697 bits per heavy atom. The number of carbonyl (C=O) groups is 2. The van der Waals surface area contributed by atoms with Crippen LogP contribution in [0.4, 0.5) is 4.79 Å². The van der Waals surface area contributed by atoms with Crippen LogP contribution in [0, 0.1) is 0 Å². The number of benzene rings is 2. The van der Waals surface area contributed by atoms with Gasteiger partial charge in [-0.2, -0.15) is 0 Å². The fraction of sp³-hybridized carbons (Fsp3) is 0.391. The van der Waals surface area contributed by atoms with E-state index >= 15 is 0 Å². The lowest BCUT2D eigenvalue weighted by Gasteiger charge is -2.36. The molecule has 0 aromatic heterocycles. The lowest BCUT2D eigenvalue weighted by Crippen LogP contribution is -2.54. The molecule has 0 unspecified atom stereocenters. The smallest absolute Gasteiger partial charge is 0.327 e. The summed E-state index contributed by atoms with van der Waals surface area (Å²) in [6.07, 6.45) is 1.92. The summed E-state index contributed by atoms with van der Waals surface area (Å²) in [5.74, 6) is -0.190. The van der Waals surface area contributed by atoms with Crippen molar-refractivity contribution in [2.24, 2.45) is 11.5 Å². The van der Waals surface area contributed by atoms with Crippen molar-refractivity contribution in [3.05, 3.63) is 65.4 Å². The zero-order chi connectivity index (χ0) is 24.2. The van der Waals surface area contributed by atoms with Gasteiger partial charge >= 0.3 is 6.03 Å². The lowest BCUT2D eigenvalue weighted by atomic mass is 9.83. The Morgan fingerprint density at radius 2 is 1.12 bits per heavy atom. The van der Waals surface area contributed by atoms with Crippen LogP contribution in [0.2, 0.25) is 0 Å². The average Bonchev–Trinajstić information content (AvgIpc) is 2.89. The molecule has 3 amide bonds. The Bertz CT molecular complexity index is 940. The number of nitrogens with zero attached hydrogens (tertiary/aromatic N) is 2. The van der Waals surface area contributed by atoms with E-state index in [-0.39, 0.29) is 11.9 Å². The predicted molar refractivity (Wildman–Crippen MR) is 145 cm³/mol. The molecule has 4 N–H and O–H groups in total. The molecule has 0 aliphatic carbocycles. The fourth-order valence-electron chi connectivity index (χ4n) is 4.29. The number of imide groups is 1. The van der Waals surface area contributed by atoms with Crippen molar-refractivity contribution in [2.45, 2.75) is 31.2 Å². The van der Waals surface area contributed by atoms with Gasteiger partial charge in [-0.3, -0.25) is 9.69 Å². The SMILES string of the molecule is NCCCN1C(=O)N(CCCN)C(Cc2cc(Br)cc(Br)c2)(Cc2cc(Br)cc(Br)c2)C1=O. The second-order valence-electron chi connectivity index (χ2n) is 8.12. The number of carbonyl (C=O) groups excluding carboxylic acids is 2. The van der Waals surface area contributed by atoms with Gasteiger partial charge < -0.3 is 16.4 Å². The summed E-state index contributed by atoms with van der Waals surface area (Å²) < 4.78 is 3.60. The minimum absolute atomic E-state index is 0.190.